The van der Waals surface area contributed by atoms with Crippen molar-refractivity contribution in [3.8, 4) is 0 Å². The number of aliphatic hydroxyl groups excluding tert-OH is 1. The molecule has 0 bridgehead atoms. The molecule has 1 saturated heterocycles. The number of amides is 2. The van der Waals surface area contributed by atoms with Crippen molar-refractivity contribution < 1.29 is 27.9 Å². The number of benzene rings is 1. The number of hydrogen-bond acceptors (Lipinski definition) is 6. The summed E-state index contributed by atoms with van der Waals surface area (Å²) in [5, 5.41) is 13.7. The van der Waals surface area contributed by atoms with E-state index in [4.69, 9.17) is 16.7 Å². The van der Waals surface area contributed by atoms with Gasteiger partial charge in [0.2, 0.25) is 11.8 Å². The fraction of sp³-hybridized carbons (Fsp3) is 0.462. The van der Waals surface area contributed by atoms with Gasteiger partial charge in [0.05, 0.1) is 17.6 Å². The minimum absolute atomic E-state index is 0.0420. The summed E-state index contributed by atoms with van der Waals surface area (Å²) in [4.78, 5) is 33.4. The smallest absolute Gasteiger partial charge is 0.387 e. The lowest BCUT2D eigenvalue weighted by atomic mass is 9.93. The first-order valence-electron chi connectivity index (χ1n) is 12.7. The Bertz CT molecular complexity index is 1370. The van der Waals surface area contributed by atoms with Crippen LogP contribution in [0, 0.1) is 5.92 Å². The van der Waals surface area contributed by atoms with Crippen LogP contribution in [-0.2, 0) is 16.0 Å². The Balaban J connectivity index is 1.36. The topological polar surface area (TPSA) is 94.3 Å². The Kier molecular flexibility index (Phi) is 7.43. The minimum Gasteiger partial charge on any atom is -0.387 e. The van der Waals surface area contributed by atoms with Gasteiger partial charge in [0, 0.05) is 44.4 Å². The van der Waals surface area contributed by atoms with E-state index >= 15 is 0 Å². The number of fused-ring (bicyclic) bond motifs is 3. The second kappa shape index (κ2) is 10.6. The first-order valence-corrected chi connectivity index (χ1v) is 13.1. The highest BCUT2D eigenvalue weighted by Crippen LogP contribution is 2.40. The zero-order valence-corrected chi connectivity index (χ0v) is 22.0. The van der Waals surface area contributed by atoms with E-state index in [-0.39, 0.29) is 31.5 Å². The quantitative estimate of drug-likeness (QED) is 0.507. The third-order valence-electron chi connectivity index (χ3n) is 7.51. The van der Waals surface area contributed by atoms with Gasteiger partial charge in [0.1, 0.15) is 6.61 Å². The minimum atomic E-state index is -4.69. The molecule has 0 spiro atoms. The molecule has 3 aromatic rings. The van der Waals surface area contributed by atoms with Crippen LogP contribution in [0.3, 0.4) is 0 Å². The number of halogens is 4. The second-order valence-electron chi connectivity index (χ2n) is 9.88. The Morgan fingerprint density at radius 2 is 1.87 bits per heavy atom. The monoisotopic (exact) mass is 564 g/mol. The lowest BCUT2D eigenvalue weighted by Gasteiger charge is -2.36. The number of likely N-dealkylation sites (tertiary alicyclic amines) is 1. The molecular formula is C26H28ClF3N6O3. The molecule has 0 saturated carbocycles. The standard InChI is InChI=1S/C26H28ClF3N6O3/c1-33(25(39)17-8-11-34(12-9-17)23(38)15-37)24(26(28,29)30)16-4-6-18(7-5-16)35-10-2-3-19-20(35)14-31-22-13-21(27)32-36(19)22/h4-7,13-14,17,24,37H,2-3,8-12,15H2,1H3/t24-/m0/s1. The summed E-state index contributed by atoms with van der Waals surface area (Å²) >= 11 is 6.05. The van der Waals surface area contributed by atoms with Crippen LogP contribution >= 0.6 is 11.6 Å². The highest BCUT2D eigenvalue weighted by molar-refractivity contribution is 6.29. The van der Waals surface area contributed by atoms with Gasteiger partial charge in [-0.05, 0) is 43.4 Å². The third kappa shape index (κ3) is 5.27. The van der Waals surface area contributed by atoms with Crippen molar-refractivity contribution >= 4 is 40.4 Å². The Hall–Kier alpha value is -3.38. The largest absolute Gasteiger partial charge is 0.413 e. The lowest BCUT2D eigenvalue weighted by molar-refractivity contribution is -0.191. The molecular weight excluding hydrogens is 537 g/mol. The van der Waals surface area contributed by atoms with Crippen molar-refractivity contribution in [3.63, 3.8) is 0 Å². The highest BCUT2D eigenvalue weighted by atomic mass is 35.5. The van der Waals surface area contributed by atoms with E-state index in [9.17, 15) is 22.8 Å². The van der Waals surface area contributed by atoms with Crippen molar-refractivity contribution in [1.82, 2.24) is 24.4 Å². The van der Waals surface area contributed by atoms with Gasteiger partial charge >= 0.3 is 6.18 Å². The maximum absolute atomic E-state index is 14.3. The molecule has 1 fully saturated rings. The summed E-state index contributed by atoms with van der Waals surface area (Å²) in [5.74, 6) is -1.70. The van der Waals surface area contributed by atoms with E-state index in [2.05, 4.69) is 10.1 Å². The van der Waals surface area contributed by atoms with Crippen LogP contribution in [0.25, 0.3) is 5.65 Å². The molecule has 39 heavy (non-hydrogen) atoms. The SMILES string of the molecule is CN(C(=O)C1CCN(C(=O)CO)CC1)[C@@H](c1ccc(N2CCCc3c2cnc2cc(Cl)nn32)cc1)C(F)(F)F. The van der Waals surface area contributed by atoms with Gasteiger partial charge in [-0.2, -0.15) is 18.3 Å². The molecule has 1 atom stereocenters. The lowest BCUT2D eigenvalue weighted by Crippen LogP contribution is -2.47. The van der Waals surface area contributed by atoms with Gasteiger partial charge in [0.25, 0.3) is 0 Å². The Labute approximate surface area is 227 Å². The molecule has 0 radical (unpaired) electrons. The molecule has 13 heteroatoms. The number of rotatable bonds is 5. The molecule has 0 aliphatic carbocycles. The van der Waals surface area contributed by atoms with Crippen LogP contribution in [0.4, 0.5) is 24.5 Å². The zero-order valence-electron chi connectivity index (χ0n) is 21.2. The Morgan fingerprint density at radius 3 is 2.51 bits per heavy atom. The van der Waals surface area contributed by atoms with E-state index in [1.165, 1.54) is 24.1 Å². The molecule has 1 aromatic carbocycles. The van der Waals surface area contributed by atoms with Crippen LogP contribution in [0.15, 0.2) is 36.5 Å². The maximum atomic E-state index is 14.3. The van der Waals surface area contributed by atoms with E-state index in [0.29, 0.717) is 23.0 Å². The average Bonchev–Trinajstić information content (AvgIpc) is 3.32. The number of hydrogen-bond donors (Lipinski definition) is 1. The second-order valence-corrected chi connectivity index (χ2v) is 10.3. The molecule has 208 valence electrons. The number of nitrogens with zero attached hydrogens (tertiary/aromatic N) is 6. The molecule has 4 heterocycles. The number of carbonyl (C=O) groups is 2. The van der Waals surface area contributed by atoms with Crippen molar-refractivity contribution in [2.45, 2.75) is 37.9 Å². The number of piperidine rings is 1. The van der Waals surface area contributed by atoms with E-state index < -0.39 is 36.6 Å². The van der Waals surface area contributed by atoms with Crippen molar-refractivity contribution in [3.05, 3.63) is 52.9 Å². The molecule has 9 nitrogen and oxygen atoms in total. The number of aryl methyl sites for hydroxylation is 1. The summed E-state index contributed by atoms with van der Waals surface area (Å²) in [6, 6.07) is 5.62. The predicted molar refractivity (Wildman–Crippen MR) is 138 cm³/mol. The van der Waals surface area contributed by atoms with Crippen LogP contribution in [-0.4, -0.2) is 80.8 Å². The van der Waals surface area contributed by atoms with Gasteiger partial charge in [-0.15, -0.1) is 0 Å². The first-order chi connectivity index (χ1) is 18.6. The van der Waals surface area contributed by atoms with Crippen molar-refractivity contribution in [1.29, 1.82) is 0 Å². The molecule has 2 aliphatic heterocycles. The normalized spacial score (nSPS) is 17.3. The fourth-order valence-electron chi connectivity index (χ4n) is 5.56. The molecule has 1 N–H and O–H groups in total. The summed E-state index contributed by atoms with van der Waals surface area (Å²) in [6.07, 6.45) is -0.898. The summed E-state index contributed by atoms with van der Waals surface area (Å²) < 4.78 is 44.6. The van der Waals surface area contributed by atoms with Crippen LogP contribution < -0.4 is 4.90 Å². The number of anilines is 2. The third-order valence-corrected chi connectivity index (χ3v) is 7.70. The molecule has 2 aromatic heterocycles. The summed E-state index contributed by atoms with van der Waals surface area (Å²) in [6.45, 7) is 0.468. The zero-order chi connectivity index (χ0) is 27.9. The van der Waals surface area contributed by atoms with Gasteiger partial charge in [0.15, 0.2) is 16.8 Å². The molecule has 2 amide bonds. The number of carbonyl (C=O) groups excluding carboxylic acids is 2. The van der Waals surface area contributed by atoms with Crippen LogP contribution in [0.2, 0.25) is 5.15 Å². The van der Waals surface area contributed by atoms with Crippen molar-refractivity contribution in [2.75, 3.05) is 38.2 Å². The molecule has 2 aliphatic rings. The van der Waals surface area contributed by atoms with E-state index in [0.717, 1.165) is 29.1 Å². The first kappa shape index (κ1) is 27.2. The van der Waals surface area contributed by atoms with E-state index in [1.807, 2.05) is 4.90 Å². The molecule has 0 unspecified atom stereocenters. The van der Waals surface area contributed by atoms with Gasteiger partial charge in [-0.1, -0.05) is 23.7 Å². The van der Waals surface area contributed by atoms with Crippen molar-refractivity contribution in [2.24, 2.45) is 5.92 Å². The predicted octanol–water partition coefficient (Wildman–Crippen LogP) is 3.76. The maximum Gasteiger partial charge on any atom is 0.413 e. The summed E-state index contributed by atoms with van der Waals surface area (Å²) in [7, 11) is 1.17. The summed E-state index contributed by atoms with van der Waals surface area (Å²) in [5.41, 5.74) is 3.02. The fourth-order valence-corrected chi connectivity index (χ4v) is 5.73. The van der Waals surface area contributed by atoms with Gasteiger partial charge in [-0.3, -0.25) is 9.59 Å². The van der Waals surface area contributed by atoms with Gasteiger partial charge < -0.3 is 19.8 Å². The van der Waals surface area contributed by atoms with Crippen LogP contribution in [0.5, 0.6) is 0 Å². The highest BCUT2D eigenvalue weighted by Gasteiger charge is 2.46. The average molecular weight is 565 g/mol. The number of aliphatic hydroxyl groups is 1. The molecule has 5 rings (SSSR count). The van der Waals surface area contributed by atoms with Crippen LogP contribution in [0.1, 0.15) is 36.6 Å². The van der Waals surface area contributed by atoms with E-state index in [1.54, 1.807) is 28.9 Å². The number of alkyl halides is 3. The Morgan fingerprint density at radius 1 is 1.18 bits per heavy atom. The van der Waals surface area contributed by atoms with Gasteiger partial charge in [-0.25, -0.2) is 9.50 Å². The number of aromatic nitrogens is 3.